The standard InChI is InChI=1S/C13H23N3S.ClH/c1-13(2,12-15-8-9-17-12)16-7-5-11-4-3-6-14-10-11;/h8-9,11,14,16H,3-7,10H2,1-2H3;1H. The molecule has 1 aromatic heterocycles. The van der Waals surface area contributed by atoms with E-state index in [0.29, 0.717) is 0 Å². The number of piperidine rings is 1. The van der Waals surface area contributed by atoms with Gasteiger partial charge in [0, 0.05) is 11.6 Å². The molecule has 0 saturated carbocycles. The minimum atomic E-state index is 0. The van der Waals surface area contributed by atoms with Gasteiger partial charge in [0.25, 0.3) is 0 Å². The van der Waals surface area contributed by atoms with E-state index in [1.165, 1.54) is 37.4 Å². The highest BCUT2D eigenvalue weighted by atomic mass is 35.5. The van der Waals surface area contributed by atoms with E-state index in [1.807, 2.05) is 11.6 Å². The predicted octanol–water partition coefficient (Wildman–Crippen LogP) is 2.78. The summed E-state index contributed by atoms with van der Waals surface area (Å²) in [6.45, 7) is 7.91. The second kappa shape index (κ2) is 7.43. The van der Waals surface area contributed by atoms with Crippen molar-refractivity contribution in [2.45, 2.75) is 38.6 Å². The highest BCUT2D eigenvalue weighted by molar-refractivity contribution is 7.09. The van der Waals surface area contributed by atoms with Gasteiger partial charge in [-0.05, 0) is 58.7 Å². The normalized spacial score (nSPS) is 20.4. The third-order valence-electron chi connectivity index (χ3n) is 3.49. The van der Waals surface area contributed by atoms with Gasteiger partial charge in [0.2, 0.25) is 0 Å². The van der Waals surface area contributed by atoms with E-state index in [0.717, 1.165) is 12.5 Å². The smallest absolute Gasteiger partial charge is 0.112 e. The van der Waals surface area contributed by atoms with Gasteiger partial charge in [0.1, 0.15) is 5.01 Å². The van der Waals surface area contributed by atoms with Gasteiger partial charge in [0.15, 0.2) is 0 Å². The van der Waals surface area contributed by atoms with E-state index in [9.17, 15) is 0 Å². The molecule has 1 unspecified atom stereocenters. The lowest BCUT2D eigenvalue weighted by molar-refractivity contribution is 0.323. The van der Waals surface area contributed by atoms with Crippen molar-refractivity contribution in [1.29, 1.82) is 0 Å². The van der Waals surface area contributed by atoms with Gasteiger partial charge >= 0.3 is 0 Å². The summed E-state index contributed by atoms with van der Waals surface area (Å²) in [4.78, 5) is 4.40. The monoisotopic (exact) mass is 289 g/mol. The molecule has 0 aromatic carbocycles. The van der Waals surface area contributed by atoms with Crippen LogP contribution in [0.15, 0.2) is 11.6 Å². The average Bonchev–Trinajstić information content (AvgIpc) is 2.84. The number of hydrogen-bond donors (Lipinski definition) is 2. The molecular formula is C13H24ClN3S. The summed E-state index contributed by atoms with van der Waals surface area (Å²) in [6.07, 6.45) is 5.86. The van der Waals surface area contributed by atoms with Crippen molar-refractivity contribution in [3.63, 3.8) is 0 Å². The predicted molar refractivity (Wildman–Crippen MR) is 80.6 cm³/mol. The number of aromatic nitrogens is 1. The van der Waals surface area contributed by atoms with Gasteiger partial charge in [-0.2, -0.15) is 0 Å². The van der Waals surface area contributed by atoms with Crippen LogP contribution < -0.4 is 10.6 Å². The topological polar surface area (TPSA) is 37.0 Å². The Kier molecular flexibility index (Phi) is 6.57. The molecule has 0 aliphatic carbocycles. The highest BCUT2D eigenvalue weighted by Crippen LogP contribution is 2.22. The quantitative estimate of drug-likeness (QED) is 0.875. The molecule has 2 N–H and O–H groups in total. The molecule has 1 aromatic rings. The summed E-state index contributed by atoms with van der Waals surface area (Å²) in [6, 6.07) is 0. The van der Waals surface area contributed by atoms with Crippen LogP contribution in [0.25, 0.3) is 0 Å². The zero-order valence-electron chi connectivity index (χ0n) is 11.2. The van der Waals surface area contributed by atoms with Crippen LogP contribution >= 0.6 is 23.7 Å². The van der Waals surface area contributed by atoms with Crippen LogP contribution in [-0.4, -0.2) is 24.6 Å². The van der Waals surface area contributed by atoms with Crippen molar-refractivity contribution in [3.05, 3.63) is 16.6 Å². The largest absolute Gasteiger partial charge is 0.316 e. The summed E-state index contributed by atoms with van der Waals surface area (Å²) < 4.78 is 0. The van der Waals surface area contributed by atoms with E-state index >= 15 is 0 Å². The molecule has 0 radical (unpaired) electrons. The third-order valence-corrected chi connectivity index (χ3v) is 4.58. The molecule has 2 heterocycles. The van der Waals surface area contributed by atoms with Crippen LogP contribution in [0.1, 0.15) is 38.1 Å². The zero-order chi connectivity index (χ0) is 12.1. The van der Waals surface area contributed by atoms with Crippen molar-refractivity contribution in [1.82, 2.24) is 15.6 Å². The fourth-order valence-electron chi connectivity index (χ4n) is 2.37. The second-order valence-electron chi connectivity index (χ2n) is 5.39. The number of nitrogens with one attached hydrogen (secondary N) is 2. The Balaban J connectivity index is 0.00000162. The average molecular weight is 290 g/mol. The molecule has 5 heteroatoms. The van der Waals surface area contributed by atoms with E-state index in [4.69, 9.17) is 0 Å². The lowest BCUT2D eigenvalue weighted by Crippen LogP contribution is -2.39. The Morgan fingerprint density at radius 3 is 3.00 bits per heavy atom. The van der Waals surface area contributed by atoms with Crippen molar-refractivity contribution in [2.24, 2.45) is 5.92 Å². The summed E-state index contributed by atoms with van der Waals surface area (Å²) in [5.41, 5.74) is 0.0102. The fourth-order valence-corrected chi connectivity index (χ4v) is 3.11. The molecule has 0 amide bonds. The summed E-state index contributed by atoms with van der Waals surface area (Å²) >= 11 is 1.73. The Hall–Kier alpha value is -0.160. The minimum Gasteiger partial charge on any atom is -0.316 e. The number of hydrogen-bond acceptors (Lipinski definition) is 4. The minimum absolute atomic E-state index is 0. The summed E-state index contributed by atoms with van der Waals surface area (Å²) in [7, 11) is 0. The SMILES string of the molecule is CC(C)(NCCC1CCCNC1)c1nccs1.Cl. The highest BCUT2D eigenvalue weighted by Gasteiger charge is 2.22. The van der Waals surface area contributed by atoms with Crippen LogP contribution in [0.3, 0.4) is 0 Å². The summed E-state index contributed by atoms with van der Waals surface area (Å²) in [5.74, 6) is 0.850. The van der Waals surface area contributed by atoms with E-state index in [1.54, 1.807) is 11.3 Å². The van der Waals surface area contributed by atoms with Gasteiger partial charge in [-0.1, -0.05) is 0 Å². The van der Waals surface area contributed by atoms with Gasteiger partial charge in [0.05, 0.1) is 5.54 Å². The number of halogens is 1. The first kappa shape index (κ1) is 15.9. The van der Waals surface area contributed by atoms with Crippen LogP contribution in [0, 0.1) is 5.92 Å². The Labute approximate surface area is 120 Å². The van der Waals surface area contributed by atoms with Crippen LogP contribution in [0.5, 0.6) is 0 Å². The first-order chi connectivity index (χ1) is 8.18. The molecule has 1 saturated heterocycles. The van der Waals surface area contributed by atoms with Gasteiger partial charge in [-0.3, -0.25) is 0 Å². The molecular weight excluding hydrogens is 266 g/mol. The number of rotatable bonds is 5. The molecule has 1 aliphatic rings. The molecule has 1 fully saturated rings. The maximum absolute atomic E-state index is 4.40. The van der Waals surface area contributed by atoms with Crippen molar-refractivity contribution in [2.75, 3.05) is 19.6 Å². The molecule has 18 heavy (non-hydrogen) atoms. The van der Waals surface area contributed by atoms with Crippen LogP contribution in [-0.2, 0) is 5.54 Å². The van der Waals surface area contributed by atoms with E-state index < -0.39 is 0 Å². The van der Waals surface area contributed by atoms with Gasteiger partial charge < -0.3 is 10.6 Å². The third kappa shape index (κ3) is 4.50. The Morgan fingerprint density at radius 2 is 2.39 bits per heavy atom. The zero-order valence-corrected chi connectivity index (χ0v) is 12.9. The molecule has 3 nitrogen and oxygen atoms in total. The molecule has 2 rings (SSSR count). The lowest BCUT2D eigenvalue weighted by Gasteiger charge is -2.27. The summed E-state index contributed by atoms with van der Waals surface area (Å²) in [5, 5.41) is 10.3. The van der Waals surface area contributed by atoms with E-state index in [2.05, 4.69) is 29.5 Å². The first-order valence-electron chi connectivity index (χ1n) is 6.54. The Bertz CT molecular complexity index is 321. The molecule has 0 spiro atoms. The van der Waals surface area contributed by atoms with Gasteiger partial charge in [-0.15, -0.1) is 23.7 Å². The molecule has 0 bridgehead atoms. The Morgan fingerprint density at radius 1 is 1.56 bits per heavy atom. The van der Waals surface area contributed by atoms with Crippen molar-refractivity contribution in [3.8, 4) is 0 Å². The lowest BCUT2D eigenvalue weighted by atomic mass is 9.95. The number of thiazole rings is 1. The molecule has 1 aliphatic heterocycles. The van der Waals surface area contributed by atoms with Gasteiger partial charge in [-0.25, -0.2) is 4.98 Å². The maximum Gasteiger partial charge on any atom is 0.112 e. The first-order valence-corrected chi connectivity index (χ1v) is 7.42. The van der Waals surface area contributed by atoms with Crippen LogP contribution in [0.4, 0.5) is 0 Å². The second-order valence-corrected chi connectivity index (χ2v) is 6.28. The number of nitrogens with zero attached hydrogens (tertiary/aromatic N) is 1. The molecule has 104 valence electrons. The fraction of sp³-hybridized carbons (Fsp3) is 0.769. The van der Waals surface area contributed by atoms with E-state index in [-0.39, 0.29) is 17.9 Å². The molecule has 1 atom stereocenters. The van der Waals surface area contributed by atoms with Crippen LogP contribution in [0.2, 0.25) is 0 Å². The van der Waals surface area contributed by atoms with Crippen molar-refractivity contribution >= 4 is 23.7 Å². The van der Waals surface area contributed by atoms with Crippen molar-refractivity contribution < 1.29 is 0 Å². The maximum atomic E-state index is 4.40.